The highest BCUT2D eigenvalue weighted by molar-refractivity contribution is 5.80. The number of hydrogen-bond donors (Lipinski definition) is 1. The lowest BCUT2D eigenvalue weighted by molar-refractivity contribution is -0.127. The van der Waals surface area contributed by atoms with E-state index in [9.17, 15) is 4.79 Å². The zero-order valence-corrected chi connectivity index (χ0v) is 11.4. The highest BCUT2D eigenvalue weighted by atomic mass is 16.5. The summed E-state index contributed by atoms with van der Waals surface area (Å²) in [5.74, 6) is 0.947. The van der Waals surface area contributed by atoms with Crippen LogP contribution in [0.15, 0.2) is 24.3 Å². The molecule has 0 aliphatic carbocycles. The van der Waals surface area contributed by atoms with Crippen LogP contribution in [-0.2, 0) is 4.79 Å². The van der Waals surface area contributed by atoms with Gasteiger partial charge in [0, 0.05) is 19.3 Å². The third-order valence-corrected chi connectivity index (χ3v) is 2.67. The molecule has 1 aromatic rings. The van der Waals surface area contributed by atoms with Crippen LogP contribution >= 0.6 is 0 Å². The van der Waals surface area contributed by atoms with Gasteiger partial charge in [-0.25, -0.2) is 0 Å². The van der Waals surface area contributed by atoms with Crippen LogP contribution in [0.25, 0.3) is 0 Å². The van der Waals surface area contributed by atoms with Gasteiger partial charge in [-0.2, -0.15) is 0 Å². The monoisotopic (exact) mass is 250 g/mol. The second-order valence-corrected chi connectivity index (χ2v) is 4.13. The lowest BCUT2D eigenvalue weighted by atomic mass is 10.3. The van der Waals surface area contributed by atoms with Crippen LogP contribution in [-0.4, -0.2) is 37.6 Å². The molecule has 0 fully saturated rings. The summed E-state index contributed by atoms with van der Waals surface area (Å²) in [5, 5.41) is 3.10. The summed E-state index contributed by atoms with van der Waals surface area (Å²) in [6.45, 7) is 5.81. The molecule has 1 amide bonds. The van der Waals surface area contributed by atoms with Crippen molar-refractivity contribution in [1.82, 2.24) is 4.90 Å². The maximum Gasteiger partial charge on any atom is 0.241 e. The topological polar surface area (TPSA) is 41.6 Å². The van der Waals surface area contributed by atoms with Crippen molar-refractivity contribution in [3.8, 4) is 5.75 Å². The fraction of sp³-hybridized carbons (Fsp3) is 0.500. The Kier molecular flexibility index (Phi) is 6.05. The van der Waals surface area contributed by atoms with Crippen molar-refractivity contribution in [3.05, 3.63) is 24.3 Å². The number of nitrogens with one attached hydrogen (secondary N) is 1. The largest absolute Gasteiger partial charge is 0.494 e. The molecule has 1 rings (SSSR count). The first-order valence-corrected chi connectivity index (χ1v) is 6.38. The Bertz CT molecular complexity index is 363. The molecular formula is C14H22N2O2. The number of hydrogen-bond acceptors (Lipinski definition) is 3. The molecule has 0 aliphatic heterocycles. The Balaban J connectivity index is 2.41. The zero-order chi connectivity index (χ0) is 13.4. The molecule has 1 aromatic carbocycles. The van der Waals surface area contributed by atoms with E-state index in [1.807, 2.05) is 31.2 Å². The van der Waals surface area contributed by atoms with Gasteiger partial charge < -0.3 is 15.0 Å². The summed E-state index contributed by atoms with van der Waals surface area (Å²) >= 11 is 0. The minimum Gasteiger partial charge on any atom is -0.494 e. The van der Waals surface area contributed by atoms with Crippen LogP contribution < -0.4 is 10.1 Å². The zero-order valence-electron chi connectivity index (χ0n) is 11.4. The number of anilines is 1. The molecule has 0 saturated carbocycles. The molecule has 0 heterocycles. The van der Waals surface area contributed by atoms with Gasteiger partial charge in [0.1, 0.15) is 5.75 Å². The Morgan fingerprint density at radius 3 is 2.50 bits per heavy atom. The molecule has 100 valence electrons. The van der Waals surface area contributed by atoms with Crippen molar-refractivity contribution in [1.29, 1.82) is 0 Å². The minimum atomic E-state index is 0.0869. The van der Waals surface area contributed by atoms with Gasteiger partial charge in [0.05, 0.1) is 13.2 Å². The van der Waals surface area contributed by atoms with Crippen LogP contribution in [0, 0.1) is 0 Å². The van der Waals surface area contributed by atoms with E-state index >= 15 is 0 Å². The van der Waals surface area contributed by atoms with E-state index < -0.39 is 0 Å². The van der Waals surface area contributed by atoms with Crippen molar-refractivity contribution in [2.24, 2.45) is 0 Å². The maximum absolute atomic E-state index is 11.6. The predicted molar refractivity (Wildman–Crippen MR) is 74.0 cm³/mol. The van der Waals surface area contributed by atoms with E-state index in [0.29, 0.717) is 6.54 Å². The normalized spacial score (nSPS) is 9.94. The Hall–Kier alpha value is -1.71. The van der Waals surface area contributed by atoms with Gasteiger partial charge in [-0.3, -0.25) is 4.79 Å². The molecule has 0 unspecified atom stereocenters. The molecule has 0 aromatic heterocycles. The molecule has 4 nitrogen and oxygen atoms in total. The molecule has 18 heavy (non-hydrogen) atoms. The van der Waals surface area contributed by atoms with Crippen molar-refractivity contribution in [3.63, 3.8) is 0 Å². The lowest BCUT2D eigenvalue weighted by Gasteiger charge is -2.15. The number of carbonyl (C=O) groups is 1. The van der Waals surface area contributed by atoms with E-state index in [4.69, 9.17) is 4.74 Å². The number of amides is 1. The van der Waals surface area contributed by atoms with Crippen molar-refractivity contribution in [2.75, 3.05) is 32.1 Å². The second kappa shape index (κ2) is 7.58. The maximum atomic E-state index is 11.6. The average Bonchev–Trinajstić information content (AvgIpc) is 2.42. The summed E-state index contributed by atoms with van der Waals surface area (Å²) in [4.78, 5) is 13.3. The fourth-order valence-corrected chi connectivity index (χ4v) is 1.38. The standard InChI is InChI=1S/C14H22N2O2/c1-4-10-18-13-8-6-12(7-9-13)15-11-14(17)16(3)5-2/h6-9,15H,4-5,10-11H2,1-3H3. The smallest absolute Gasteiger partial charge is 0.241 e. The molecule has 1 N–H and O–H groups in total. The van der Waals surface area contributed by atoms with E-state index in [2.05, 4.69) is 12.2 Å². The number of benzene rings is 1. The van der Waals surface area contributed by atoms with Crippen LogP contribution in [0.5, 0.6) is 5.75 Å². The molecule has 0 radical (unpaired) electrons. The molecule has 0 saturated heterocycles. The molecule has 0 bridgehead atoms. The van der Waals surface area contributed by atoms with Gasteiger partial charge in [0.2, 0.25) is 5.91 Å². The van der Waals surface area contributed by atoms with E-state index in [0.717, 1.165) is 31.0 Å². The Morgan fingerprint density at radius 2 is 1.94 bits per heavy atom. The van der Waals surface area contributed by atoms with Crippen LogP contribution in [0.3, 0.4) is 0 Å². The van der Waals surface area contributed by atoms with Crippen LogP contribution in [0.4, 0.5) is 5.69 Å². The van der Waals surface area contributed by atoms with Gasteiger partial charge >= 0.3 is 0 Å². The molecule has 0 aliphatic rings. The number of carbonyl (C=O) groups excluding carboxylic acids is 1. The molecule has 4 heteroatoms. The summed E-state index contributed by atoms with van der Waals surface area (Å²) in [6, 6.07) is 7.66. The summed E-state index contributed by atoms with van der Waals surface area (Å²) in [5.41, 5.74) is 0.928. The van der Waals surface area contributed by atoms with Crippen LogP contribution in [0.2, 0.25) is 0 Å². The first-order valence-electron chi connectivity index (χ1n) is 6.38. The van der Waals surface area contributed by atoms with E-state index in [1.165, 1.54) is 0 Å². The second-order valence-electron chi connectivity index (χ2n) is 4.13. The quantitative estimate of drug-likeness (QED) is 0.807. The molecule has 0 spiro atoms. The highest BCUT2D eigenvalue weighted by Crippen LogP contribution is 2.15. The Labute approximate surface area is 109 Å². The van der Waals surface area contributed by atoms with Gasteiger partial charge in [0.25, 0.3) is 0 Å². The number of nitrogens with zero attached hydrogens (tertiary/aromatic N) is 1. The molecular weight excluding hydrogens is 228 g/mol. The van der Waals surface area contributed by atoms with E-state index in [1.54, 1.807) is 11.9 Å². The highest BCUT2D eigenvalue weighted by Gasteiger charge is 2.05. The number of ether oxygens (including phenoxy) is 1. The van der Waals surface area contributed by atoms with Crippen molar-refractivity contribution < 1.29 is 9.53 Å². The lowest BCUT2D eigenvalue weighted by Crippen LogP contribution is -2.31. The third-order valence-electron chi connectivity index (χ3n) is 2.67. The average molecular weight is 250 g/mol. The molecule has 0 atom stereocenters. The fourth-order valence-electron chi connectivity index (χ4n) is 1.38. The van der Waals surface area contributed by atoms with Gasteiger partial charge in [-0.05, 0) is 37.6 Å². The van der Waals surface area contributed by atoms with Crippen molar-refractivity contribution in [2.45, 2.75) is 20.3 Å². The predicted octanol–water partition coefficient (Wildman–Crippen LogP) is 2.37. The summed E-state index contributed by atoms with van der Waals surface area (Å²) in [7, 11) is 1.80. The van der Waals surface area contributed by atoms with Gasteiger partial charge in [-0.15, -0.1) is 0 Å². The third kappa shape index (κ3) is 4.65. The first-order chi connectivity index (χ1) is 8.67. The summed E-state index contributed by atoms with van der Waals surface area (Å²) < 4.78 is 5.49. The number of rotatable bonds is 7. The Morgan fingerprint density at radius 1 is 1.28 bits per heavy atom. The van der Waals surface area contributed by atoms with Crippen LogP contribution in [0.1, 0.15) is 20.3 Å². The minimum absolute atomic E-state index is 0.0869. The van der Waals surface area contributed by atoms with Crippen molar-refractivity contribution >= 4 is 11.6 Å². The number of likely N-dealkylation sites (N-methyl/N-ethyl adjacent to an activating group) is 1. The van der Waals surface area contributed by atoms with Gasteiger partial charge in [0.15, 0.2) is 0 Å². The summed E-state index contributed by atoms with van der Waals surface area (Å²) in [6.07, 6.45) is 0.998. The SMILES string of the molecule is CCCOc1ccc(NCC(=O)N(C)CC)cc1. The van der Waals surface area contributed by atoms with E-state index in [-0.39, 0.29) is 5.91 Å². The first kappa shape index (κ1) is 14.4. The van der Waals surface area contributed by atoms with Gasteiger partial charge in [-0.1, -0.05) is 6.92 Å².